The summed E-state index contributed by atoms with van der Waals surface area (Å²) in [4.78, 5) is 0. The lowest BCUT2D eigenvalue weighted by atomic mass is 9.70. The van der Waals surface area contributed by atoms with Crippen molar-refractivity contribution >= 4 is 0 Å². The van der Waals surface area contributed by atoms with Crippen molar-refractivity contribution in [2.45, 2.75) is 65.9 Å². The number of rotatable bonds is 5. The molecule has 0 radical (unpaired) electrons. The molecule has 0 aromatic heterocycles. The monoisotopic (exact) mass is 255 g/mol. The molecule has 1 fully saturated rings. The standard InChI is InChI=1S/C16H33NO/c1-15(2,3)14-9-7-13(8-10-14)11-17-12-16(4,5)18-6/h13-14,17H,7-12H2,1-6H3. The van der Waals surface area contributed by atoms with E-state index in [1.807, 2.05) is 0 Å². The van der Waals surface area contributed by atoms with Crippen LogP contribution in [0.15, 0.2) is 0 Å². The Bertz CT molecular complexity index is 234. The predicted molar refractivity (Wildman–Crippen MR) is 78.9 cm³/mol. The van der Waals surface area contributed by atoms with Crippen molar-refractivity contribution in [3.05, 3.63) is 0 Å². The second-order valence-electron chi connectivity index (χ2n) is 7.68. The Labute approximate surface area is 114 Å². The molecular weight excluding hydrogens is 222 g/mol. The van der Waals surface area contributed by atoms with Crippen molar-refractivity contribution in [3.63, 3.8) is 0 Å². The second kappa shape index (κ2) is 6.38. The van der Waals surface area contributed by atoms with Gasteiger partial charge in [-0.1, -0.05) is 20.8 Å². The number of ether oxygens (including phenoxy) is 1. The number of methoxy groups -OCH3 is 1. The number of hydrogen-bond donors (Lipinski definition) is 1. The van der Waals surface area contributed by atoms with E-state index in [1.165, 1.54) is 25.7 Å². The van der Waals surface area contributed by atoms with E-state index < -0.39 is 0 Å². The van der Waals surface area contributed by atoms with Gasteiger partial charge in [0.2, 0.25) is 0 Å². The first-order chi connectivity index (χ1) is 8.24. The molecule has 0 amide bonds. The summed E-state index contributed by atoms with van der Waals surface area (Å²) in [6.07, 6.45) is 5.59. The molecule has 2 nitrogen and oxygen atoms in total. The van der Waals surface area contributed by atoms with E-state index in [-0.39, 0.29) is 5.60 Å². The zero-order chi connectivity index (χ0) is 13.8. The summed E-state index contributed by atoms with van der Waals surface area (Å²) in [6.45, 7) is 13.5. The van der Waals surface area contributed by atoms with Crippen molar-refractivity contribution in [1.29, 1.82) is 0 Å². The Morgan fingerprint density at radius 2 is 1.56 bits per heavy atom. The zero-order valence-electron chi connectivity index (χ0n) is 13.3. The Hall–Kier alpha value is -0.0800. The third-order valence-electron chi connectivity index (χ3n) is 4.61. The highest BCUT2D eigenvalue weighted by Crippen LogP contribution is 2.39. The molecule has 0 aromatic rings. The average molecular weight is 255 g/mol. The molecule has 1 N–H and O–H groups in total. The normalized spacial score (nSPS) is 26.3. The van der Waals surface area contributed by atoms with Gasteiger partial charge in [-0.3, -0.25) is 0 Å². The fourth-order valence-electron chi connectivity index (χ4n) is 2.88. The minimum Gasteiger partial charge on any atom is -0.377 e. The molecule has 1 saturated carbocycles. The van der Waals surface area contributed by atoms with Crippen molar-refractivity contribution in [3.8, 4) is 0 Å². The Morgan fingerprint density at radius 1 is 1.00 bits per heavy atom. The van der Waals surface area contributed by atoms with E-state index in [4.69, 9.17) is 4.74 Å². The van der Waals surface area contributed by atoms with Gasteiger partial charge in [-0.15, -0.1) is 0 Å². The molecular formula is C16H33NO. The molecule has 1 aliphatic rings. The molecule has 108 valence electrons. The number of hydrogen-bond acceptors (Lipinski definition) is 2. The van der Waals surface area contributed by atoms with Crippen molar-refractivity contribution in [2.24, 2.45) is 17.3 Å². The van der Waals surface area contributed by atoms with Crippen LogP contribution in [-0.2, 0) is 4.74 Å². The summed E-state index contributed by atoms with van der Waals surface area (Å²) >= 11 is 0. The summed E-state index contributed by atoms with van der Waals surface area (Å²) in [5.74, 6) is 1.79. The van der Waals surface area contributed by atoms with E-state index in [9.17, 15) is 0 Å². The Kier molecular flexibility index (Phi) is 5.67. The van der Waals surface area contributed by atoms with Crippen molar-refractivity contribution < 1.29 is 4.74 Å². The molecule has 0 aliphatic heterocycles. The fourth-order valence-corrected chi connectivity index (χ4v) is 2.88. The van der Waals surface area contributed by atoms with Crippen LogP contribution in [0.5, 0.6) is 0 Å². The lowest BCUT2D eigenvalue weighted by Crippen LogP contribution is -2.39. The molecule has 1 aliphatic carbocycles. The molecule has 18 heavy (non-hydrogen) atoms. The predicted octanol–water partition coefficient (Wildman–Crippen LogP) is 3.85. The Balaban J connectivity index is 2.20. The maximum absolute atomic E-state index is 5.43. The van der Waals surface area contributed by atoms with Gasteiger partial charge in [0.15, 0.2) is 0 Å². The third kappa shape index (κ3) is 5.27. The van der Waals surface area contributed by atoms with Gasteiger partial charge in [-0.2, -0.15) is 0 Å². The molecule has 0 aromatic carbocycles. The van der Waals surface area contributed by atoms with Gasteiger partial charge in [0.1, 0.15) is 0 Å². The van der Waals surface area contributed by atoms with Gasteiger partial charge in [0, 0.05) is 13.7 Å². The quantitative estimate of drug-likeness (QED) is 0.805. The van der Waals surface area contributed by atoms with Crippen LogP contribution in [0.2, 0.25) is 0 Å². The third-order valence-corrected chi connectivity index (χ3v) is 4.61. The topological polar surface area (TPSA) is 21.3 Å². The van der Waals surface area contributed by atoms with Crippen LogP contribution in [0.1, 0.15) is 60.3 Å². The lowest BCUT2D eigenvalue weighted by Gasteiger charge is -2.37. The highest BCUT2D eigenvalue weighted by atomic mass is 16.5. The maximum atomic E-state index is 5.43. The van der Waals surface area contributed by atoms with Gasteiger partial charge in [-0.05, 0) is 63.3 Å². The van der Waals surface area contributed by atoms with E-state index in [2.05, 4.69) is 39.9 Å². The van der Waals surface area contributed by atoms with E-state index in [0.717, 1.165) is 24.9 Å². The smallest absolute Gasteiger partial charge is 0.0746 e. The molecule has 0 saturated heterocycles. The summed E-state index contributed by atoms with van der Waals surface area (Å²) < 4.78 is 5.43. The van der Waals surface area contributed by atoms with Crippen LogP contribution in [-0.4, -0.2) is 25.8 Å². The van der Waals surface area contributed by atoms with E-state index in [1.54, 1.807) is 7.11 Å². The van der Waals surface area contributed by atoms with Gasteiger partial charge in [0.05, 0.1) is 5.60 Å². The van der Waals surface area contributed by atoms with Gasteiger partial charge < -0.3 is 10.1 Å². The zero-order valence-corrected chi connectivity index (χ0v) is 13.3. The highest BCUT2D eigenvalue weighted by Gasteiger charge is 2.29. The average Bonchev–Trinajstić information content (AvgIpc) is 2.28. The summed E-state index contributed by atoms with van der Waals surface area (Å²) in [7, 11) is 1.79. The van der Waals surface area contributed by atoms with Crippen LogP contribution in [0.4, 0.5) is 0 Å². The Morgan fingerprint density at radius 3 is 2.00 bits per heavy atom. The molecule has 2 heteroatoms. The lowest BCUT2D eigenvalue weighted by molar-refractivity contribution is 0.0219. The molecule has 0 bridgehead atoms. The number of nitrogens with one attached hydrogen (secondary N) is 1. The van der Waals surface area contributed by atoms with E-state index in [0.29, 0.717) is 5.41 Å². The fraction of sp³-hybridized carbons (Fsp3) is 1.00. The first-order valence-corrected chi connectivity index (χ1v) is 7.50. The van der Waals surface area contributed by atoms with E-state index >= 15 is 0 Å². The van der Waals surface area contributed by atoms with Crippen LogP contribution in [0, 0.1) is 17.3 Å². The van der Waals surface area contributed by atoms with Gasteiger partial charge in [0.25, 0.3) is 0 Å². The van der Waals surface area contributed by atoms with Crippen LogP contribution in [0.3, 0.4) is 0 Å². The molecule has 0 unspecified atom stereocenters. The highest BCUT2D eigenvalue weighted by molar-refractivity contribution is 4.82. The van der Waals surface area contributed by atoms with Crippen molar-refractivity contribution in [1.82, 2.24) is 5.32 Å². The summed E-state index contributed by atoms with van der Waals surface area (Å²) in [5, 5.41) is 3.57. The van der Waals surface area contributed by atoms with Gasteiger partial charge >= 0.3 is 0 Å². The molecule has 0 atom stereocenters. The van der Waals surface area contributed by atoms with Crippen LogP contribution < -0.4 is 5.32 Å². The van der Waals surface area contributed by atoms with Crippen molar-refractivity contribution in [2.75, 3.05) is 20.2 Å². The molecule has 1 rings (SSSR count). The molecule has 0 heterocycles. The molecule has 0 spiro atoms. The van der Waals surface area contributed by atoms with Crippen LogP contribution >= 0.6 is 0 Å². The SMILES string of the molecule is COC(C)(C)CNCC1CCC(C(C)(C)C)CC1. The second-order valence-corrected chi connectivity index (χ2v) is 7.68. The maximum Gasteiger partial charge on any atom is 0.0746 e. The summed E-state index contributed by atoms with van der Waals surface area (Å²) in [5.41, 5.74) is 0.457. The van der Waals surface area contributed by atoms with Gasteiger partial charge in [-0.25, -0.2) is 0 Å². The largest absolute Gasteiger partial charge is 0.377 e. The summed E-state index contributed by atoms with van der Waals surface area (Å²) in [6, 6.07) is 0. The minimum atomic E-state index is -0.0391. The first-order valence-electron chi connectivity index (χ1n) is 7.50. The first kappa shape index (κ1) is 16.0. The van der Waals surface area contributed by atoms with Crippen LogP contribution in [0.25, 0.3) is 0 Å². The minimum absolute atomic E-state index is 0.0391.